The molecule has 9 heavy (non-hydrogen) atoms. The molecular formula is C8H10S. The average molecular weight is 138 g/mol. The third-order valence-electron chi connectivity index (χ3n) is 1.43. The largest absolute Gasteiger partial charge is 0.0849 e. The Bertz CT molecular complexity index is 175. The molecule has 0 saturated carbocycles. The molecule has 0 unspecified atom stereocenters. The molecule has 0 aliphatic heterocycles. The molecule has 1 heteroatoms. The van der Waals surface area contributed by atoms with Gasteiger partial charge in [-0.3, -0.25) is 0 Å². The van der Waals surface area contributed by atoms with Gasteiger partial charge in [0, 0.05) is 4.86 Å². The molecule has 0 fully saturated rings. The molecule has 0 atom stereocenters. The van der Waals surface area contributed by atoms with Crippen molar-refractivity contribution in [3.8, 4) is 0 Å². The van der Waals surface area contributed by atoms with Crippen molar-refractivity contribution in [3.63, 3.8) is 0 Å². The lowest BCUT2D eigenvalue weighted by Crippen LogP contribution is -1.85. The van der Waals surface area contributed by atoms with Crippen LogP contribution in [0.5, 0.6) is 0 Å². The SMILES string of the molecule is CC1=CC=CC(=S)CC1. The highest BCUT2D eigenvalue weighted by atomic mass is 32.1. The maximum absolute atomic E-state index is 5.03. The standard InChI is InChI=1S/C8H10S/c1-7-3-2-4-8(9)6-5-7/h2-4H,5-6H2,1H3. The third kappa shape index (κ3) is 2.10. The van der Waals surface area contributed by atoms with Crippen molar-refractivity contribution < 1.29 is 0 Å². The number of rotatable bonds is 0. The van der Waals surface area contributed by atoms with Crippen LogP contribution in [0.2, 0.25) is 0 Å². The summed E-state index contributed by atoms with van der Waals surface area (Å²) in [6.45, 7) is 2.14. The van der Waals surface area contributed by atoms with Crippen LogP contribution in [0.15, 0.2) is 23.8 Å². The van der Waals surface area contributed by atoms with Crippen molar-refractivity contribution >= 4 is 17.1 Å². The van der Waals surface area contributed by atoms with E-state index in [1.54, 1.807) is 0 Å². The van der Waals surface area contributed by atoms with Gasteiger partial charge >= 0.3 is 0 Å². The maximum atomic E-state index is 5.03. The van der Waals surface area contributed by atoms with Crippen LogP contribution in [0.3, 0.4) is 0 Å². The van der Waals surface area contributed by atoms with Crippen LogP contribution in [0.4, 0.5) is 0 Å². The van der Waals surface area contributed by atoms with Crippen molar-refractivity contribution in [2.75, 3.05) is 0 Å². The second-order valence-corrected chi connectivity index (χ2v) is 2.86. The smallest absolute Gasteiger partial charge is 0.0155 e. The van der Waals surface area contributed by atoms with Gasteiger partial charge in [-0.25, -0.2) is 0 Å². The van der Waals surface area contributed by atoms with E-state index in [0.29, 0.717) is 0 Å². The highest BCUT2D eigenvalue weighted by Crippen LogP contribution is 2.09. The summed E-state index contributed by atoms with van der Waals surface area (Å²) < 4.78 is 0. The average Bonchev–Trinajstić information content (AvgIpc) is 1.97. The van der Waals surface area contributed by atoms with Gasteiger partial charge in [-0.05, 0) is 25.8 Å². The lowest BCUT2D eigenvalue weighted by Gasteiger charge is -1.93. The fraction of sp³-hybridized carbons (Fsp3) is 0.375. The first kappa shape index (κ1) is 6.69. The molecular weight excluding hydrogens is 128 g/mol. The van der Waals surface area contributed by atoms with E-state index in [-0.39, 0.29) is 0 Å². The van der Waals surface area contributed by atoms with E-state index in [1.807, 2.05) is 12.2 Å². The number of allylic oxidation sites excluding steroid dienone is 4. The van der Waals surface area contributed by atoms with Gasteiger partial charge in [0.25, 0.3) is 0 Å². The van der Waals surface area contributed by atoms with Crippen LogP contribution in [0.25, 0.3) is 0 Å². The summed E-state index contributed by atoms with van der Waals surface area (Å²) in [7, 11) is 0. The van der Waals surface area contributed by atoms with E-state index in [2.05, 4.69) is 13.0 Å². The third-order valence-corrected chi connectivity index (χ3v) is 1.77. The molecule has 0 radical (unpaired) electrons. The van der Waals surface area contributed by atoms with Gasteiger partial charge in [0.15, 0.2) is 0 Å². The zero-order valence-electron chi connectivity index (χ0n) is 5.55. The molecule has 0 amide bonds. The molecule has 0 bridgehead atoms. The van der Waals surface area contributed by atoms with Crippen molar-refractivity contribution in [2.45, 2.75) is 19.8 Å². The van der Waals surface area contributed by atoms with E-state index in [4.69, 9.17) is 12.2 Å². The normalized spacial score (nSPS) is 19.2. The Morgan fingerprint density at radius 2 is 2.22 bits per heavy atom. The van der Waals surface area contributed by atoms with Gasteiger partial charge < -0.3 is 0 Å². The molecule has 1 aliphatic rings. The highest BCUT2D eigenvalue weighted by molar-refractivity contribution is 7.80. The van der Waals surface area contributed by atoms with Crippen LogP contribution in [-0.4, -0.2) is 4.86 Å². The van der Waals surface area contributed by atoms with E-state index in [1.165, 1.54) is 5.57 Å². The molecule has 0 saturated heterocycles. The Labute approximate surface area is 61.3 Å². The Morgan fingerprint density at radius 3 is 3.00 bits per heavy atom. The van der Waals surface area contributed by atoms with Gasteiger partial charge in [0.2, 0.25) is 0 Å². The lowest BCUT2D eigenvalue weighted by atomic mass is 10.1. The summed E-state index contributed by atoms with van der Waals surface area (Å²) in [5.41, 5.74) is 1.42. The molecule has 0 N–H and O–H groups in total. The van der Waals surface area contributed by atoms with Crippen LogP contribution in [-0.2, 0) is 0 Å². The van der Waals surface area contributed by atoms with E-state index in [0.717, 1.165) is 17.7 Å². The van der Waals surface area contributed by atoms with Crippen LogP contribution >= 0.6 is 12.2 Å². The van der Waals surface area contributed by atoms with E-state index >= 15 is 0 Å². The first-order valence-electron chi connectivity index (χ1n) is 3.16. The van der Waals surface area contributed by atoms with Crippen LogP contribution in [0, 0.1) is 0 Å². The van der Waals surface area contributed by atoms with Crippen molar-refractivity contribution in [3.05, 3.63) is 23.8 Å². The molecule has 0 spiro atoms. The predicted molar refractivity (Wildman–Crippen MR) is 44.7 cm³/mol. The first-order chi connectivity index (χ1) is 4.29. The number of thiocarbonyl (C=S) groups is 1. The Hall–Kier alpha value is -0.430. The van der Waals surface area contributed by atoms with Gasteiger partial charge in [0.1, 0.15) is 0 Å². The van der Waals surface area contributed by atoms with Crippen molar-refractivity contribution in [1.29, 1.82) is 0 Å². The Balaban J connectivity index is 2.65. The molecule has 0 heterocycles. The first-order valence-corrected chi connectivity index (χ1v) is 3.56. The van der Waals surface area contributed by atoms with Crippen molar-refractivity contribution in [2.24, 2.45) is 0 Å². The van der Waals surface area contributed by atoms with E-state index in [9.17, 15) is 0 Å². The second-order valence-electron chi connectivity index (χ2n) is 2.34. The van der Waals surface area contributed by atoms with Crippen LogP contribution in [0.1, 0.15) is 19.8 Å². The van der Waals surface area contributed by atoms with E-state index < -0.39 is 0 Å². The molecule has 0 aromatic heterocycles. The number of hydrogen-bond donors (Lipinski definition) is 0. The summed E-state index contributed by atoms with van der Waals surface area (Å²) in [5, 5.41) is 0. The topological polar surface area (TPSA) is 0 Å². The van der Waals surface area contributed by atoms with Gasteiger partial charge in [-0.15, -0.1) is 0 Å². The van der Waals surface area contributed by atoms with Crippen LogP contribution < -0.4 is 0 Å². The fourth-order valence-electron chi connectivity index (χ4n) is 0.807. The quantitative estimate of drug-likeness (QED) is 0.464. The monoisotopic (exact) mass is 138 g/mol. The molecule has 1 aliphatic carbocycles. The Kier molecular flexibility index (Phi) is 2.17. The van der Waals surface area contributed by atoms with Gasteiger partial charge in [0.05, 0.1) is 0 Å². The Morgan fingerprint density at radius 1 is 1.44 bits per heavy atom. The molecule has 48 valence electrons. The molecule has 1 rings (SSSR count). The highest BCUT2D eigenvalue weighted by Gasteiger charge is 1.95. The minimum Gasteiger partial charge on any atom is -0.0849 e. The lowest BCUT2D eigenvalue weighted by molar-refractivity contribution is 1.03. The fourth-order valence-corrected chi connectivity index (χ4v) is 0.987. The zero-order chi connectivity index (χ0) is 6.69. The zero-order valence-corrected chi connectivity index (χ0v) is 6.37. The summed E-state index contributed by atoms with van der Waals surface area (Å²) in [6, 6.07) is 0. The minimum atomic E-state index is 1.05. The summed E-state index contributed by atoms with van der Waals surface area (Å²) in [6.07, 6.45) is 8.34. The van der Waals surface area contributed by atoms with Gasteiger partial charge in [-0.1, -0.05) is 29.9 Å². The summed E-state index contributed by atoms with van der Waals surface area (Å²) in [4.78, 5) is 1.07. The van der Waals surface area contributed by atoms with Crippen molar-refractivity contribution in [1.82, 2.24) is 0 Å². The minimum absolute atomic E-state index is 1.05. The predicted octanol–water partition coefficient (Wildman–Crippen LogP) is 2.65. The van der Waals surface area contributed by atoms with Gasteiger partial charge in [-0.2, -0.15) is 0 Å². The summed E-state index contributed by atoms with van der Waals surface area (Å²) in [5.74, 6) is 0. The molecule has 0 aromatic carbocycles. The number of hydrogen-bond acceptors (Lipinski definition) is 1. The summed E-state index contributed by atoms with van der Waals surface area (Å²) >= 11 is 5.03. The molecule has 0 aromatic rings. The maximum Gasteiger partial charge on any atom is 0.0155 e. The second kappa shape index (κ2) is 2.92. The molecule has 0 nitrogen and oxygen atoms in total.